The molecular weight excluding hydrogens is 617 g/mol. The SMILES string of the molecule is CCc1ccc(-n2c3ccccc3c3ccc(-c4ccc5c(c4)c4ccccc4n5-c4cccc5ccccc45)cc32)cc1-c1ccccc1C. The Balaban J connectivity index is 1.19. The summed E-state index contributed by atoms with van der Waals surface area (Å²) in [5, 5.41) is 7.55. The van der Waals surface area contributed by atoms with E-state index in [0.717, 1.165) is 6.42 Å². The number of para-hydroxylation sites is 2. The average molecular weight is 653 g/mol. The summed E-state index contributed by atoms with van der Waals surface area (Å²) in [4.78, 5) is 0. The molecule has 0 N–H and O–H groups in total. The molecule has 0 aliphatic carbocycles. The molecule has 0 saturated heterocycles. The predicted octanol–water partition coefficient (Wildman–Crippen LogP) is 13.2. The maximum atomic E-state index is 2.46. The monoisotopic (exact) mass is 652 g/mol. The first-order chi connectivity index (χ1) is 25.2. The molecule has 10 aromatic rings. The zero-order valence-electron chi connectivity index (χ0n) is 28.8. The van der Waals surface area contributed by atoms with Crippen LogP contribution in [0.1, 0.15) is 18.1 Å². The minimum Gasteiger partial charge on any atom is -0.309 e. The summed E-state index contributed by atoms with van der Waals surface area (Å²) in [7, 11) is 0. The second-order valence-corrected chi connectivity index (χ2v) is 13.7. The lowest BCUT2D eigenvalue weighted by atomic mass is 9.94. The van der Waals surface area contributed by atoms with Crippen molar-refractivity contribution in [2.24, 2.45) is 0 Å². The van der Waals surface area contributed by atoms with Gasteiger partial charge in [-0.25, -0.2) is 0 Å². The Hall–Kier alpha value is -6.38. The lowest BCUT2D eigenvalue weighted by molar-refractivity contribution is 1.12. The van der Waals surface area contributed by atoms with E-state index in [4.69, 9.17) is 0 Å². The van der Waals surface area contributed by atoms with Crippen molar-refractivity contribution in [3.63, 3.8) is 0 Å². The van der Waals surface area contributed by atoms with Crippen LogP contribution in [0.5, 0.6) is 0 Å². The normalized spacial score (nSPS) is 11.8. The summed E-state index contributed by atoms with van der Waals surface area (Å²) >= 11 is 0. The van der Waals surface area contributed by atoms with E-state index < -0.39 is 0 Å². The van der Waals surface area contributed by atoms with Crippen LogP contribution in [0, 0.1) is 6.92 Å². The van der Waals surface area contributed by atoms with E-state index in [2.05, 4.69) is 193 Å². The summed E-state index contributed by atoms with van der Waals surface area (Å²) in [6, 6.07) is 62.7. The van der Waals surface area contributed by atoms with Crippen LogP contribution in [-0.2, 0) is 6.42 Å². The molecule has 51 heavy (non-hydrogen) atoms. The molecule has 10 rings (SSSR count). The summed E-state index contributed by atoms with van der Waals surface area (Å²) < 4.78 is 4.89. The zero-order valence-corrected chi connectivity index (χ0v) is 28.8. The van der Waals surface area contributed by atoms with Gasteiger partial charge in [0.1, 0.15) is 0 Å². The highest BCUT2D eigenvalue weighted by Crippen LogP contribution is 2.40. The molecule has 0 fully saturated rings. The van der Waals surface area contributed by atoms with Gasteiger partial charge in [-0.2, -0.15) is 0 Å². The summed E-state index contributed by atoms with van der Waals surface area (Å²) in [6.45, 7) is 4.46. The molecule has 0 spiro atoms. The van der Waals surface area contributed by atoms with Gasteiger partial charge in [0.2, 0.25) is 0 Å². The molecule has 0 aliphatic rings. The van der Waals surface area contributed by atoms with Crippen molar-refractivity contribution in [3.05, 3.63) is 181 Å². The summed E-state index contributed by atoms with van der Waals surface area (Å²) in [6.07, 6.45) is 0.987. The fourth-order valence-corrected chi connectivity index (χ4v) is 8.38. The number of nitrogens with zero attached hydrogens (tertiary/aromatic N) is 2. The van der Waals surface area contributed by atoms with E-state index in [1.807, 2.05) is 0 Å². The molecule has 242 valence electrons. The van der Waals surface area contributed by atoms with Crippen LogP contribution in [0.3, 0.4) is 0 Å². The number of hydrogen-bond acceptors (Lipinski definition) is 0. The van der Waals surface area contributed by atoms with Crippen LogP contribution in [0.4, 0.5) is 0 Å². The highest BCUT2D eigenvalue weighted by atomic mass is 15.0. The number of aromatic nitrogens is 2. The third-order valence-corrected chi connectivity index (χ3v) is 10.9. The summed E-state index contributed by atoms with van der Waals surface area (Å²) in [5.74, 6) is 0. The maximum Gasteiger partial charge on any atom is 0.0547 e. The quantitative estimate of drug-likeness (QED) is 0.175. The van der Waals surface area contributed by atoms with Crippen molar-refractivity contribution >= 4 is 54.4 Å². The van der Waals surface area contributed by atoms with Crippen LogP contribution < -0.4 is 0 Å². The number of rotatable bonds is 5. The van der Waals surface area contributed by atoms with Crippen LogP contribution in [-0.4, -0.2) is 9.13 Å². The molecule has 0 atom stereocenters. The molecule has 0 radical (unpaired) electrons. The maximum absolute atomic E-state index is 2.46. The van der Waals surface area contributed by atoms with Crippen molar-refractivity contribution in [2.75, 3.05) is 0 Å². The molecule has 8 aromatic carbocycles. The first-order valence-corrected chi connectivity index (χ1v) is 17.9. The Morgan fingerprint density at radius 3 is 1.86 bits per heavy atom. The van der Waals surface area contributed by atoms with Crippen molar-refractivity contribution in [1.82, 2.24) is 9.13 Å². The first kappa shape index (κ1) is 29.5. The van der Waals surface area contributed by atoms with E-state index in [1.165, 1.54) is 99.1 Å². The molecule has 2 heterocycles. The van der Waals surface area contributed by atoms with Crippen molar-refractivity contribution in [2.45, 2.75) is 20.3 Å². The van der Waals surface area contributed by atoms with Gasteiger partial charge in [-0.05, 0) is 101 Å². The van der Waals surface area contributed by atoms with Gasteiger partial charge in [0, 0.05) is 32.6 Å². The van der Waals surface area contributed by atoms with Gasteiger partial charge in [-0.1, -0.05) is 128 Å². The predicted molar refractivity (Wildman–Crippen MR) is 218 cm³/mol. The van der Waals surface area contributed by atoms with Crippen LogP contribution in [0.15, 0.2) is 170 Å². The highest BCUT2D eigenvalue weighted by molar-refractivity contribution is 6.13. The Morgan fingerprint density at radius 2 is 1.04 bits per heavy atom. The fourth-order valence-electron chi connectivity index (χ4n) is 8.38. The van der Waals surface area contributed by atoms with Crippen molar-refractivity contribution < 1.29 is 0 Å². The van der Waals surface area contributed by atoms with Gasteiger partial charge in [0.25, 0.3) is 0 Å². The van der Waals surface area contributed by atoms with E-state index in [1.54, 1.807) is 0 Å². The minimum atomic E-state index is 0.987. The van der Waals surface area contributed by atoms with Crippen LogP contribution >= 0.6 is 0 Å². The largest absolute Gasteiger partial charge is 0.309 e. The van der Waals surface area contributed by atoms with Gasteiger partial charge in [-0.3, -0.25) is 0 Å². The smallest absolute Gasteiger partial charge is 0.0547 e. The first-order valence-electron chi connectivity index (χ1n) is 17.9. The van der Waals surface area contributed by atoms with E-state index in [9.17, 15) is 0 Å². The number of hydrogen-bond donors (Lipinski definition) is 0. The molecule has 0 saturated carbocycles. The van der Waals surface area contributed by atoms with Gasteiger partial charge < -0.3 is 9.13 Å². The third kappa shape index (κ3) is 4.57. The lowest BCUT2D eigenvalue weighted by Gasteiger charge is -2.15. The lowest BCUT2D eigenvalue weighted by Crippen LogP contribution is -1.98. The average Bonchev–Trinajstić information content (AvgIpc) is 3.70. The van der Waals surface area contributed by atoms with Crippen LogP contribution in [0.25, 0.3) is 88.0 Å². The Morgan fingerprint density at radius 1 is 0.412 bits per heavy atom. The van der Waals surface area contributed by atoms with E-state index in [-0.39, 0.29) is 0 Å². The molecular formula is C49H36N2. The fraction of sp³-hybridized carbons (Fsp3) is 0.0612. The van der Waals surface area contributed by atoms with Crippen molar-refractivity contribution in [3.8, 4) is 33.6 Å². The Kier molecular flexibility index (Phi) is 6.72. The van der Waals surface area contributed by atoms with Gasteiger partial charge in [0.15, 0.2) is 0 Å². The zero-order chi connectivity index (χ0) is 34.1. The van der Waals surface area contributed by atoms with E-state index >= 15 is 0 Å². The Bertz CT molecular complexity index is 2970. The highest BCUT2D eigenvalue weighted by Gasteiger charge is 2.18. The van der Waals surface area contributed by atoms with Gasteiger partial charge in [0.05, 0.1) is 27.8 Å². The minimum absolute atomic E-state index is 0.987. The molecule has 2 aromatic heterocycles. The second kappa shape index (κ2) is 11.6. The molecule has 0 unspecified atom stereocenters. The number of aryl methyl sites for hydroxylation is 2. The molecule has 0 amide bonds. The second-order valence-electron chi connectivity index (χ2n) is 13.7. The molecule has 2 nitrogen and oxygen atoms in total. The standard InChI is InChI=1S/C49H36N2/c1-3-33-23-26-37(31-43(33)38-16-6-4-13-32(38)2)50-46-20-10-8-18-40(46)42-27-24-36(30-49(42)50)35-25-28-48-44(29-35)41-19-9-11-21-47(41)51(48)45-22-12-15-34-14-5-7-17-39(34)45/h4-31H,3H2,1-2H3. The Labute approximate surface area is 297 Å². The summed E-state index contributed by atoms with van der Waals surface area (Å²) in [5.41, 5.74) is 14.9. The van der Waals surface area contributed by atoms with Crippen LogP contribution in [0.2, 0.25) is 0 Å². The number of fused-ring (bicyclic) bond motifs is 7. The molecule has 2 heteroatoms. The molecule has 0 aliphatic heterocycles. The van der Waals surface area contributed by atoms with Gasteiger partial charge >= 0.3 is 0 Å². The topological polar surface area (TPSA) is 9.86 Å². The molecule has 0 bridgehead atoms. The van der Waals surface area contributed by atoms with Gasteiger partial charge in [-0.15, -0.1) is 0 Å². The van der Waals surface area contributed by atoms with Crippen molar-refractivity contribution in [1.29, 1.82) is 0 Å². The van der Waals surface area contributed by atoms with E-state index in [0.29, 0.717) is 0 Å². The number of benzene rings is 8. The third-order valence-electron chi connectivity index (χ3n) is 10.9.